The van der Waals surface area contributed by atoms with Gasteiger partial charge in [0, 0.05) is 0 Å². The van der Waals surface area contributed by atoms with Gasteiger partial charge in [-0.2, -0.15) is 0 Å². The van der Waals surface area contributed by atoms with Gasteiger partial charge in [-0.1, -0.05) is 18.2 Å². The third-order valence-corrected chi connectivity index (χ3v) is 1.99. The van der Waals surface area contributed by atoms with Gasteiger partial charge in [-0.25, -0.2) is 9.59 Å². The van der Waals surface area contributed by atoms with E-state index in [-0.39, 0.29) is 0 Å². The lowest BCUT2D eigenvalue weighted by molar-refractivity contribution is -0.155. The quantitative estimate of drug-likeness (QED) is 0.715. The molecule has 0 bridgehead atoms. The Morgan fingerprint density at radius 1 is 1.35 bits per heavy atom. The molecule has 6 heteroatoms. The van der Waals surface area contributed by atoms with E-state index in [1.165, 1.54) is 0 Å². The second-order valence-electron chi connectivity index (χ2n) is 3.64. The lowest BCUT2D eigenvalue weighted by atomic mass is 10.1. The van der Waals surface area contributed by atoms with Crippen LogP contribution in [0.25, 0.3) is 0 Å². The van der Waals surface area contributed by atoms with Crippen molar-refractivity contribution in [2.24, 2.45) is 0 Å². The van der Waals surface area contributed by atoms with E-state index in [4.69, 9.17) is 9.84 Å². The fourth-order valence-corrected chi connectivity index (χ4v) is 0.952. The lowest BCUT2D eigenvalue weighted by Crippen LogP contribution is -2.47. The summed E-state index contributed by atoms with van der Waals surface area (Å²) in [7, 11) is 0. The zero-order chi connectivity index (χ0) is 12.9. The Hall–Kier alpha value is -2.08. The van der Waals surface area contributed by atoms with E-state index in [2.05, 4.69) is 5.32 Å². The normalized spacial score (nSPS) is 13.5. The Morgan fingerprint density at radius 2 is 1.94 bits per heavy atom. The van der Waals surface area contributed by atoms with Crippen molar-refractivity contribution in [2.75, 3.05) is 6.54 Å². The first-order valence-corrected chi connectivity index (χ1v) is 4.88. The van der Waals surface area contributed by atoms with E-state index < -0.39 is 24.2 Å². The second-order valence-corrected chi connectivity index (χ2v) is 3.64. The van der Waals surface area contributed by atoms with Gasteiger partial charge in [0.15, 0.2) is 5.60 Å². The molecule has 0 aliphatic rings. The van der Waals surface area contributed by atoms with Crippen LogP contribution in [-0.4, -0.2) is 34.4 Å². The maximum absolute atomic E-state index is 11.2. The number of para-hydroxylation sites is 1. The van der Waals surface area contributed by atoms with Crippen LogP contribution in [0.5, 0.6) is 5.75 Å². The van der Waals surface area contributed by atoms with Crippen LogP contribution < -0.4 is 10.1 Å². The lowest BCUT2D eigenvalue weighted by Gasteiger charge is -2.17. The molecule has 92 valence electrons. The third-order valence-electron chi connectivity index (χ3n) is 1.99. The molecule has 1 atom stereocenters. The number of ether oxygens (including phenoxy) is 1. The standard InChI is InChI=1S/C11H13NO5/c1-11(16,9(13)14)7-12-10(15)17-8-5-3-2-4-6-8/h2-6,16H,7H2,1H3,(H,12,15)(H,13,14). The number of benzene rings is 1. The van der Waals surface area contributed by atoms with Crippen LogP contribution in [0.15, 0.2) is 30.3 Å². The summed E-state index contributed by atoms with van der Waals surface area (Å²) in [6.07, 6.45) is -0.822. The molecule has 0 spiro atoms. The van der Waals surface area contributed by atoms with Gasteiger partial charge in [0.25, 0.3) is 0 Å². The highest BCUT2D eigenvalue weighted by Crippen LogP contribution is 2.08. The van der Waals surface area contributed by atoms with E-state index in [1.54, 1.807) is 30.3 Å². The van der Waals surface area contributed by atoms with Gasteiger partial charge >= 0.3 is 12.1 Å². The number of nitrogens with one attached hydrogen (secondary N) is 1. The molecule has 0 aliphatic heterocycles. The van der Waals surface area contributed by atoms with Crippen LogP contribution in [0.2, 0.25) is 0 Å². The van der Waals surface area contributed by atoms with Crippen molar-refractivity contribution in [2.45, 2.75) is 12.5 Å². The Kier molecular flexibility index (Phi) is 4.06. The molecule has 1 unspecified atom stereocenters. The second kappa shape index (κ2) is 5.31. The predicted molar refractivity (Wildman–Crippen MR) is 58.7 cm³/mol. The number of carboxylic acid groups (broad SMARTS) is 1. The van der Waals surface area contributed by atoms with Gasteiger partial charge < -0.3 is 20.3 Å². The van der Waals surface area contributed by atoms with Gasteiger partial charge in [-0.05, 0) is 19.1 Å². The molecule has 0 saturated carbocycles. The summed E-state index contributed by atoms with van der Waals surface area (Å²) in [6, 6.07) is 8.30. The summed E-state index contributed by atoms with van der Waals surface area (Å²) in [4.78, 5) is 21.8. The smallest absolute Gasteiger partial charge is 0.412 e. The third kappa shape index (κ3) is 4.12. The summed E-state index contributed by atoms with van der Waals surface area (Å²) in [5.41, 5.74) is -2.02. The number of carbonyl (C=O) groups excluding carboxylic acids is 1. The summed E-state index contributed by atoms with van der Waals surface area (Å²) in [6.45, 7) is 0.645. The molecule has 0 aliphatic carbocycles. The molecule has 1 rings (SSSR count). The van der Waals surface area contributed by atoms with Crippen molar-refractivity contribution in [3.63, 3.8) is 0 Å². The minimum absolute atomic E-state index is 0.333. The molecule has 0 radical (unpaired) electrons. The van der Waals surface area contributed by atoms with Gasteiger partial charge in [0.05, 0.1) is 6.54 Å². The highest BCUT2D eigenvalue weighted by atomic mass is 16.6. The molecule has 0 saturated heterocycles. The Morgan fingerprint density at radius 3 is 2.47 bits per heavy atom. The minimum Gasteiger partial charge on any atom is -0.479 e. The number of rotatable bonds is 4. The first-order valence-electron chi connectivity index (χ1n) is 4.88. The Balaban J connectivity index is 2.44. The van der Waals surface area contributed by atoms with Crippen molar-refractivity contribution < 1.29 is 24.5 Å². The molecule has 0 fully saturated rings. The Labute approximate surface area is 97.8 Å². The summed E-state index contributed by atoms with van der Waals surface area (Å²) in [5.74, 6) is -1.09. The van der Waals surface area contributed by atoms with E-state index in [0.29, 0.717) is 5.75 Å². The van der Waals surface area contributed by atoms with Crippen molar-refractivity contribution >= 4 is 12.1 Å². The monoisotopic (exact) mass is 239 g/mol. The molecule has 17 heavy (non-hydrogen) atoms. The summed E-state index contributed by atoms with van der Waals surface area (Å²) in [5, 5.41) is 20.1. The minimum atomic E-state index is -2.02. The molecule has 0 heterocycles. The molecular formula is C11H13NO5. The van der Waals surface area contributed by atoms with Crippen LogP contribution in [0, 0.1) is 0 Å². The average molecular weight is 239 g/mol. The topological polar surface area (TPSA) is 95.9 Å². The van der Waals surface area contributed by atoms with Gasteiger partial charge in [0.2, 0.25) is 0 Å². The maximum Gasteiger partial charge on any atom is 0.412 e. The highest BCUT2D eigenvalue weighted by Gasteiger charge is 2.30. The van der Waals surface area contributed by atoms with Crippen molar-refractivity contribution in [3.05, 3.63) is 30.3 Å². The van der Waals surface area contributed by atoms with Gasteiger partial charge in [-0.15, -0.1) is 0 Å². The van der Waals surface area contributed by atoms with Crippen LogP contribution in [0.3, 0.4) is 0 Å². The molecule has 0 aromatic heterocycles. The van der Waals surface area contributed by atoms with Crippen LogP contribution in [-0.2, 0) is 4.79 Å². The zero-order valence-corrected chi connectivity index (χ0v) is 9.21. The summed E-state index contributed by atoms with van der Waals surface area (Å²) < 4.78 is 4.84. The number of amides is 1. The SMILES string of the molecule is CC(O)(CNC(=O)Oc1ccccc1)C(=O)O. The number of hydrogen-bond donors (Lipinski definition) is 3. The maximum atomic E-state index is 11.2. The Bertz CT molecular complexity index is 402. The fourth-order valence-electron chi connectivity index (χ4n) is 0.952. The van der Waals surface area contributed by atoms with Crippen LogP contribution >= 0.6 is 0 Å². The first-order chi connectivity index (χ1) is 7.92. The number of aliphatic carboxylic acids is 1. The molecule has 3 N–H and O–H groups in total. The number of hydrogen-bond acceptors (Lipinski definition) is 4. The fraction of sp³-hybridized carbons (Fsp3) is 0.273. The van der Waals surface area contributed by atoms with Gasteiger partial charge in [-0.3, -0.25) is 0 Å². The molecular weight excluding hydrogens is 226 g/mol. The molecule has 1 amide bonds. The zero-order valence-electron chi connectivity index (χ0n) is 9.21. The van der Waals surface area contributed by atoms with Crippen LogP contribution in [0.4, 0.5) is 4.79 Å². The van der Waals surface area contributed by atoms with Gasteiger partial charge in [0.1, 0.15) is 5.75 Å². The average Bonchev–Trinajstić information content (AvgIpc) is 2.28. The number of aliphatic hydroxyl groups is 1. The van der Waals surface area contributed by atoms with Crippen molar-refractivity contribution in [1.82, 2.24) is 5.32 Å². The van der Waals surface area contributed by atoms with E-state index >= 15 is 0 Å². The predicted octanol–water partition coefficient (Wildman–Crippen LogP) is 0.611. The van der Waals surface area contributed by atoms with E-state index in [9.17, 15) is 14.7 Å². The van der Waals surface area contributed by atoms with Crippen LogP contribution in [0.1, 0.15) is 6.92 Å². The van der Waals surface area contributed by atoms with E-state index in [0.717, 1.165) is 6.92 Å². The van der Waals surface area contributed by atoms with Crippen molar-refractivity contribution in [3.8, 4) is 5.75 Å². The number of carbonyl (C=O) groups is 2. The molecule has 1 aromatic carbocycles. The molecule has 1 aromatic rings. The first kappa shape index (κ1) is 13.0. The summed E-state index contributed by atoms with van der Waals surface area (Å²) >= 11 is 0. The van der Waals surface area contributed by atoms with E-state index in [1.807, 2.05) is 0 Å². The largest absolute Gasteiger partial charge is 0.479 e. The molecule has 6 nitrogen and oxygen atoms in total. The van der Waals surface area contributed by atoms with Crippen molar-refractivity contribution in [1.29, 1.82) is 0 Å². The highest BCUT2D eigenvalue weighted by molar-refractivity contribution is 5.78. The number of carboxylic acids is 1.